The molecule has 0 atom stereocenters. The van der Waals surface area contributed by atoms with E-state index in [0.29, 0.717) is 0 Å². The Kier molecular flexibility index (Phi) is 4.37. The van der Waals surface area contributed by atoms with E-state index in [9.17, 15) is 0 Å². The number of rotatable bonds is 3. The first-order valence-electron chi connectivity index (χ1n) is 5.14. The fourth-order valence-corrected chi connectivity index (χ4v) is 2.15. The Balaban J connectivity index is 2.20. The quantitative estimate of drug-likeness (QED) is 0.637. The molecule has 1 aliphatic rings. The molecule has 0 unspecified atom stereocenters. The maximum atomic E-state index is 3.27. The van der Waals surface area contributed by atoms with Gasteiger partial charge in [-0.15, -0.1) is 0 Å². The molecule has 1 saturated carbocycles. The lowest BCUT2D eigenvalue weighted by Gasteiger charge is -2.26. The van der Waals surface area contributed by atoms with Crippen molar-refractivity contribution in [2.45, 2.75) is 32.6 Å². The molecule has 0 spiro atoms. The van der Waals surface area contributed by atoms with Gasteiger partial charge in [0.2, 0.25) is 0 Å². The number of allylic oxidation sites excluding steroid dienone is 2. The highest BCUT2D eigenvalue weighted by Crippen LogP contribution is 2.28. The van der Waals surface area contributed by atoms with Crippen LogP contribution >= 0.6 is 0 Å². The van der Waals surface area contributed by atoms with Crippen molar-refractivity contribution in [1.29, 1.82) is 0 Å². The maximum Gasteiger partial charge on any atom is -0.00235 e. The van der Waals surface area contributed by atoms with E-state index in [1.165, 1.54) is 32.2 Å². The minimum absolute atomic E-state index is 0.878. The van der Waals surface area contributed by atoms with Gasteiger partial charge in [0.15, 0.2) is 0 Å². The molecular weight excluding hydrogens is 146 g/mol. The van der Waals surface area contributed by atoms with E-state index in [-0.39, 0.29) is 0 Å². The van der Waals surface area contributed by atoms with Gasteiger partial charge >= 0.3 is 0 Å². The summed E-state index contributed by atoms with van der Waals surface area (Å²) >= 11 is 0. The summed E-state index contributed by atoms with van der Waals surface area (Å²) in [6.07, 6.45) is 10.2. The number of hydrogen-bond donors (Lipinski definition) is 1. The molecule has 0 aromatic rings. The summed E-state index contributed by atoms with van der Waals surface area (Å²) in [6.45, 7) is 3.34. The van der Waals surface area contributed by atoms with Gasteiger partial charge in [-0.1, -0.05) is 12.2 Å². The summed E-state index contributed by atoms with van der Waals surface area (Å²) in [5.41, 5.74) is 0. The van der Waals surface area contributed by atoms with Crippen LogP contribution in [0.25, 0.3) is 0 Å². The van der Waals surface area contributed by atoms with Gasteiger partial charge in [-0.2, -0.15) is 0 Å². The predicted molar refractivity (Wildman–Crippen MR) is 54.2 cm³/mol. The topological polar surface area (TPSA) is 12.0 Å². The first-order valence-corrected chi connectivity index (χ1v) is 5.14. The highest BCUT2D eigenvalue weighted by Gasteiger charge is 2.18. The monoisotopic (exact) mass is 167 g/mol. The van der Waals surface area contributed by atoms with Crippen LogP contribution in [0.1, 0.15) is 32.6 Å². The lowest BCUT2D eigenvalue weighted by molar-refractivity contribution is 0.305. The minimum atomic E-state index is 0.878. The Hall–Kier alpha value is -0.300. The normalized spacial score (nSPS) is 31.2. The molecule has 0 aromatic heterocycles. The molecule has 0 bridgehead atoms. The van der Waals surface area contributed by atoms with Crippen LogP contribution in [0.2, 0.25) is 0 Å². The summed E-state index contributed by atoms with van der Waals surface area (Å²) in [5.74, 6) is 1.82. The molecule has 0 amide bonds. The molecule has 0 saturated heterocycles. The third kappa shape index (κ3) is 2.98. The van der Waals surface area contributed by atoms with Crippen molar-refractivity contribution in [2.75, 3.05) is 13.6 Å². The van der Waals surface area contributed by atoms with Gasteiger partial charge in [-0.05, 0) is 58.0 Å². The van der Waals surface area contributed by atoms with E-state index >= 15 is 0 Å². The van der Waals surface area contributed by atoms with E-state index in [1.54, 1.807) is 0 Å². The van der Waals surface area contributed by atoms with Crippen LogP contribution in [-0.2, 0) is 0 Å². The molecule has 12 heavy (non-hydrogen) atoms. The molecule has 1 fully saturated rings. The average molecular weight is 167 g/mol. The van der Waals surface area contributed by atoms with Gasteiger partial charge in [0, 0.05) is 0 Å². The third-order valence-corrected chi connectivity index (χ3v) is 2.85. The molecule has 0 radical (unpaired) electrons. The van der Waals surface area contributed by atoms with E-state index in [2.05, 4.69) is 31.4 Å². The number of hydrogen-bond acceptors (Lipinski definition) is 1. The predicted octanol–water partition coefficient (Wildman–Crippen LogP) is 2.59. The van der Waals surface area contributed by atoms with Gasteiger partial charge in [0.25, 0.3) is 0 Å². The summed E-state index contributed by atoms with van der Waals surface area (Å²) in [4.78, 5) is 0. The largest absolute Gasteiger partial charge is 0.319 e. The molecule has 1 N–H and O–H groups in total. The minimum Gasteiger partial charge on any atom is -0.319 e. The summed E-state index contributed by atoms with van der Waals surface area (Å²) in [7, 11) is 2.05. The van der Waals surface area contributed by atoms with Crippen LogP contribution in [0.15, 0.2) is 12.2 Å². The lowest BCUT2D eigenvalue weighted by atomic mass is 9.82. The molecule has 1 aliphatic carbocycles. The van der Waals surface area contributed by atoms with Crippen molar-refractivity contribution in [3.63, 3.8) is 0 Å². The standard InChI is InChI=1S/C11H21N/c1-3-4-10-5-7-11(8-6-10)9-12-2/h3-4,10-12H,5-9H2,1-2H3/b4-3+/t10-,11-. The van der Waals surface area contributed by atoms with Crippen LogP contribution in [-0.4, -0.2) is 13.6 Å². The molecule has 0 aliphatic heterocycles. The van der Waals surface area contributed by atoms with Crippen molar-refractivity contribution < 1.29 is 0 Å². The number of nitrogens with one attached hydrogen (secondary N) is 1. The van der Waals surface area contributed by atoms with Gasteiger partial charge in [-0.25, -0.2) is 0 Å². The molecule has 70 valence electrons. The van der Waals surface area contributed by atoms with Gasteiger partial charge < -0.3 is 5.32 Å². The van der Waals surface area contributed by atoms with Gasteiger partial charge in [0.05, 0.1) is 0 Å². The molecule has 1 heteroatoms. The zero-order valence-electron chi connectivity index (χ0n) is 8.34. The second-order valence-electron chi connectivity index (χ2n) is 3.86. The van der Waals surface area contributed by atoms with Crippen molar-refractivity contribution in [2.24, 2.45) is 11.8 Å². The second kappa shape index (κ2) is 5.36. The zero-order chi connectivity index (χ0) is 8.81. The van der Waals surface area contributed by atoms with Gasteiger partial charge in [0.1, 0.15) is 0 Å². The van der Waals surface area contributed by atoms with Crippen molar-refractivity contribution in [3.05, 3.63) is 12.2 Å². The maximum absolute atomic E-state index is 3.27. The van der Waals surface area contributed by atoms with Crippen molar-refractivity contribution >= 4 is 0 Å². The van der Waals surface area contributed by atoms with Crippen molar-refractivity contribution in [1.82, 2.24) is 5.32 Å². The summed E-state index contributed by atoms with van der Waals surface area (Å²) in [6, 6.07) is 0. The van der Waals surface area contributed by atoms with E-state index < -0.39 is 0 Å². The Bertz CT molecular complexity index is 132. The van der Waals surface area contributed by atoms with E-state index in [4.69, 9.17) is 0 Å². The van der Waals surface area contributed by atoms with Crippen LogP contribution in [0.4, 0.5) is 0 Å². The highest BCUT2D eigenvalue weighted by atomic mass is 14.8. The summed E-state index contributed by atoms with van der Waals surface area (Å²) < 4.78 is 0. The molecule has 0 aromatic carbocycles. The average Bonchev–Trinajstić information content (AvgIpc) is 2.09. The molecular formula is C11H21N. The Morgan fingerprint density at radius 2 is 1.92 bits per heavy atom. The smallest absolute Gasteiger partial charge is 0.00235 e. The third-order valence-electron chi connectivity index (χ3n) is 2.85. The van der Waals surface area contributed by atoms with Crippen LogP contribution in [0.3, 0.4) is 0 Å². The highest BCUT2D eigenvalue weighted by molar-refractivity contribution is 4.88. The Morgan fingerprint density at radius 1 is 1.25 bits per heavy atom. The lowest BCUT2D eigenvalue weighted by Crippen LogP contribution is -2.23. The second-order valence-corrected chi connectivity index (χ2v) is 3.86. The molecule has 1 rings (SSSR count). The van der Waals surface area contributed by atoms with E-state index in [1.807, 2.05) is 0 Å². The zero-order valence-corrected chi connectivity index (χ0v) is 8.34. The first-order chi connectivity index (χ1) is 5.86. The fourth-order valence-electron chi connectivity index (χ4n) is 2.15. The fraction of sp³-hybridized carbons (Fsp3) is 0.818. The van der Waals surface area contributed by atoms with E-state index in [0.717, 1.165) is 11.8 Å². The Morgan fingerprint density at radius 3 is 2.42 bits per heavy atom. The van der Waals surface area contributed by atoms with Crippen LogP contribution in [0, 0.1) is 11.8 Å². The Labute approximate surface area is 76.2 Å². The van der Waals surface area contributed by atoms with Gasteiger partial charge in [-0.3, -0.25) is 0 Å². The van der Waals surface area contributed by atoms with Crippen LogP contribution in [0.5, 0.6) is 0 Å². The first kappa shape index (κ1) is 9.79. The summed E-state index contributed by atoms with van der Waals surface area (Å²) in [5, 5.41) is 3.27. The molecule has 1 nitrogen and oxygen atoms in total. The molecule has 0 heterocycles. The van der Waals surface area contributed by atoms with Crippen molar-refractivity contribution in [3.8, 4) is 0 Å². The SMILES string of the molecule is C/C=C/[C@H]1CC[C@H](CNC)CC1. The van der Waals surface area contributed by atoms with Crippen LogP contribution < -0.4 is 5.32 Å².